The highest BCUT2D eigenvalue weighted by molar-refractivity contribution is 6.00. The van der Waals surface area contributed by atoms with Gasteiger partial charge in [-0.3, -0.25) is 57.5 Å². The van der Waals surface area contributed by atoms with E-state index in [1.54, 1.807) is 96.9 Å². The number of aliphatic hydroxyl groups excluding tert-OH is 1. The van der Waals surface area contributed by atoms with Crippen LogP contribution < -0.4 is 52.0 Å². The molecule has 12 rings (SSSR count). The van der Waals surface area contributed by atoms with Crippen molar-refractivity contribution in [2.24, 2.45) is 0 Å². The maximum absolute atomic E-state index is 16.3. The molecule has 119 heavy (non-hydrogen) atoms. The van der Waals surface area contributed by atoms with Gasteiger partial charge in [0.25, 0.3) is 0 Å². The zero-order valence-corrected chi connectivity index (χ0v) is 69.5. The summed E-state index contributed by atoms with van der Waals surface area (Å²) in [6, 6.07) is 21.2. The number of rotatable bonds is 14. The van der Waals surface area contributed by atoms with E-state index in [1.165, 1.54) is 38.0 Å². The van der Waals surface area contributed by atoms with Crippen molar-refractivity contribution >= 4 is 81.7 Å². The molecule has 0 radical (unpaired) electrons. The van der Waals surface area contributed by atoms with Gasteiger partial charge in [-0.15, -0.1) is 0 Å². The quantitative estimate of drug-likeness (QED) is 0.0405. The highest BCUT2D eigenvalue weighted by Gasteiger charge is 2.50. The van der Waals surface area contributed by atoms with Gasteiger partial charge in [0.05, 0.1) is 53.6 Å². The third kappa shape index (κ3) is 24.5. The summed E-state index contributed by atoms with van der Waals surface area (Å²) < 4.78 is 36.4. The van der Waals surface area contributed by atoms with E-state index in [2.05, 4.69) is 63.7 Å². The largest absolute Gasteiger partial charge is 0.497 e. The normalized spacial score (nSPS) is 24.0. The number of amides is 11. The Morgan fingerprint density at radius 1 is 0.664 bits per heavy atom. The Labute approximate surface area is 694 Å². The summed E-state index contributed by atoms with van der Waals surface area (Å²) in [5, 5.41) is 34.6. The summed E-state index contributed by atoms with van der Waals surface area (Å²) in [4.78, 5) is 184. The van der Waals surface area contributed by atoms with Gasteiger partial charge in [-0.2, -0.15) is 0 Å². The van der Waals surface area contributed by atoms with Crippen molar-refractivity contribution < 1.29 is 85.7 Å². The summed E-state index contributed by atoms with van der Waals surface area (Å²) >= 11 is 0. The molecule has 10 atom stereocenters. The van der Waals surface area contributed by atoms with Crippen LogP contribution in [0.25, 0.3) is 10.9 Å². The number of hydrogen-bond donors (Lipinski definition) is 9. The molecule has 11 amide bonds. The average Bonchev–Trinajstić information content (AvgIpc) is 1.66. The highest BCUT2D eigenvalue weighted by atomic mass is 19.1. The van der Waals surface area contributed by atoms with Crippen molar-refractivity contribution in [2.75, 3.05) is 74.2 Å². The molecule has 640 valence electrons. The molecule has 0 unspecified atom stereocenters. The number of aromatic nitrogens is 1. The van der Waals surface area contributed by atoms with Crippen LogP contribution in [0.1, 0.15) is 137 Å². The van der Waals surface area contributed by atoms with Gasteiger partial charge in [-0.25, -0.2) is 4.39 Å². The molecule has 30 heteroatoms. The molecule has 2 saturated heterocycles. The van der Waals surface area contributed by atoms with E-state index in [0.717, 1.165) is 33.5 Å². The number of Topliss-reactive ketones (excluding diaryl/α,β-unsaturated/α-hetero) is 1. The van der Waals surface area contributed by atoms with E-state index < -0.39 is 132 Å². The van der Waals surface area contributed by atoms with Gasteiger partial charge >= 0.3 is 0 Å². The highest BCUT2D eigenvalue weighted by Crippen LogP contribution is 2.33. The first-order valence-electron chi connectivity index (χ1n) is 41.1. The molecule has 12 bridgehead atoms. The Kier molecular flexibility index (Phi) is 31.5. The number of hydrogen-bond acceptors (Lipinski definition) is 16. The van der Waals surface area contributed by atoms with Crippen LogP contribution >= 0.6 is 0 Å². The topological polar surface area (TPSA) is 364 Å². The van der Waals surface area contributed by atoms with Crippen molar-refractivity contribution in [3.63, 3.8) is 0 Å². The molecule has 2 fully saturated rings. The van der Waals surface area contributed by atoms with Crippen LogP contribution in [0, 0.1) is 13.2 Å². The van der Waals surface area contributed by atoms with Gasteiger partial charge in [-0.1, -0.05) is 85.6 Å². The number of aryl methyl sites for hydroxylation is 1. The molecular weight excluding hydrogens is 1530 g/mol. The van der Waals surface area contributed by atoms with Crippen LogP contribution in [0.3, 0.4) is 0 Å². The second kappa shape index (κ2) is 41.5. The second-order valence-corrected chi connectivity index (χ2v) is 33.0. The SMILES string of the molecule is COc1ccc(C[C@@H]2NC(=O)[C@H]([C@@H](C)O)NC(=O)[C@@H]3[C@@H]4CCN3C(=O)[C@@H]3Cc5cn(c6ccc(F)cc56)CCCCCCN(Cc5ccc(cc5)CCNC(=O)[C@]5(C)CCCN5C2=O)C(=O)CCC(=O)N[C@@H](C)C(=O)N[C@H](CCC(=O)Cc2cccc(OCCC[N+](C)(C)C)c2)C(=O)N[C@@H](Cc2cccc(c2)CNC(=O)CO4)C(=O)N3)cc1.[CH3-]. The van der Waals surface area contributed by atoms with Gasteiger partial charge in [-0.05, 0) is 147 Å². The summed E-state index contributed by atoms with van der Waals surface area (Å²) in [5.74, 6) is -8.33. The molecule has 6 aliphatic heterocycles. The van der Waals surface area contributed by atoms with Crippen molar-refractivity contribution in [1.29, 1.82) is 0 Å². The van der Waals surface area contributed by atoms with Gasteiger partial charge in [0.2, 0.25) is 65.0 Å². The first-order valence-corrected chi connectivity index (χ1v) is 41.1. The number of ether oxygens (including phenoxy) is 3. The predicted molar refractivity (Wildman–Crippen MR) is 443 cm³/mol. The third-order valence-electron chi connectivity index (χ3n) is 22.8. The molecule has 7 heterocycles. The zero-order valence-electron chi connectivity index (χ0n) is 69.5. The van der Waals surface area contributed by atoms with Crippen molar-refractivity contribution in [3.8, 4) is 11.5 Å². The zero-order chi connectivity index (χ0) is 84.4. The summed E-state index contributed by atoms with van der Waals surface area (Å²) in [6.07, 6.45) is 0.882. The van der Waals surface area contributed by atoms with Crippen molar-refractivity contribution in [2.45, 2.75) is 210 Å². The smallest absolute Gasteiger partial charge is 0.246 e. The van der Waals surface area contributed by atoms with Crippen LogP contribution in [0.2, 0.25) is 0 Å². The van der Waals surface area contributed by atoms with Gasteiger partial charge in [0.1, 0.15) is 77.5 Å². The number of aliphatic hydroxyl groups is 1. The molecular formula is C89H116FN13O16. The number of fused-ring (bicyclic) bond motifs is 16. The van der Waals surface area contributed by atoms with E-state index in [0.29, 0.717) is 108 Å². The summed E-state index contributed by atoms with van der Waals surface area (Å²) in [5.41, 5.74) is 3.36. The van der Waals surface area contributed by atoms with E-state index >= 15 is 33.2 Å². The number of nitrogens with zero attached hydrogens (tertiary/aromatic N) is 5. The molecule has 0 saturated carbocycles. The Morgan fingerprint density at radius 2 is 1.39 bits per heavy atom. The number of benzene rings is 5. The number of carbonyl (C=O) groups excluding carboxylic acids is 12. The third-order valence-corrected chi connectivity index (χ3v) is 22.8. The van der Waals surface area contributed by atoms with E-state index in [9.17, 15) is 33.9 Å². The number of methoxy groups -OCH3 is 1. The van der Waals surface area contributed by atoms with E-state index in [4.69, 9.17) is 14.2 Å². The van der Waals surface area contributed by atoms with Gasteiger partial charge in [0, 0.05) is 114 Å². The molecule has 29 nitrogen and oxygen atoms in total. The van der Waals surface area contributed by atoms with Crippen LogP contribution in [0.4, 0.5) is 4.39 Å². The Morgan fingerprint density at radius 3 is 2.13 bits per heavy atom. The lowest BCUT2D eigenvalue weighted by molar-refractivity contribution is -0.870. The van der Waals surface area contributed by atoms with Crippen LogP contribution in [-0.2, 0) is 114 Å². The maximum atomic E-state index is 16.3. The van der Waals surface area contributed by atoms with Crippen molar-refractivity contribution in [1.82, 2.24) is 61.8 Å². The Hall–Kier alpha value is -11.1. The lowest BCUT2D eigenvalue weighted by atomic mass is 9.95. The summed E-state index contributed by atoms with van der Waals surface area (Å²) in [7, 11) is 7.75. The molecule has 0 spiro atoms. The molecule has 5 aromatic carbocycles. The number of halogens is 1. The number of carbonyl (C=O) groups is 12. The predicted octanol–water partition coefficient (Wildman–Crippen LogP) is 4.70. The fourth-order valence-corrected chi connectivity index (χ4v) is 16.1. The lowest BCUT2D eigenvalue weighted by Gasteiger charge is -2.37. The monoisotopic (exact) mass is 1640 g/mol. The van der Waals surface area contributed by atoms with Crippen LogP contribution in [0.5, 0.6) is 11.5 Å². The molecule has 6 aromatic rings. The first-order chi connectivity index (χ1) is 56.5. The minimum Gasteiger partial charge on any atom is -0.497 e. The number of ketones is 1. The molecule has 9 N–H and O–H groups in total. The molecule has 1 aromatic heterocycles. The standard InChI is InChI=1S/C88H112FN13O16.CH3/c1-55-80(108)93-69(30-27-65(104)45-61-17-13-19-67(46-61)117-43-15-42-102(4,5)6)81(109)94-70-48-60-16-12-18-62(44-60)51-91-76(106)54-118-74-35-41-100-79(74)84(112)97-78(56(2)103)83(111)96-71(47-58-24-28-66(116-7)29-25-58)86(114)101-40-14-36-88(101,3)87(115)90-37-34-57-20-22-59(23-21-57)52-99(77(107)33-32-75(105)92-55)39-11-9-8-10-38-98-53-63(49-72(85(100)113)95-82(70)110)68-50-64(89)26-31-73(68)98;/h12-13,16-26,28-29,31,44,46,50,53,55-56,69-72,74,78-79,103H,8-11,14-15,27,30,32-43,45,47-49,51-52,54H2,1-7H3,(H7-,90,91,92,93,94,95,96,97,105,106,108,109,110,111,112,115);1H3/q;-1/p+1/t55-,56+,69+,70-,71-,72-,74-,78-,79-,88-;/m0./s1. The lowest BCUT2D eigenvalue weighted by Crippen LogP contribution is -2.64. The Bertz CT molecular complexity index is 4630. The molecule has 6 aliphatic rings. The summed E-state index contributed by atoms with van der Waals surface area (Å²) in [6.45, 7) is 5.78. The van der Waals surface area contributed by atoms with Crippen LogP contribution in [0.15, 0.2) is 121 Å². The average molecular weight is 1640 g/mol. The number of nitrogens with one attached hydrogen (secondary N) is 8. The van der Waals surface area contributed by atoms with E-state index in [-0.39, 0.29) is 116 Å². The number of quaternary nitrogens is 1. The van der Waals surface area contributed by atoms with Gasteiger partial charge < -0.3 is 93.0 Å². The fourth-order valence-electron chi connectivity index (χ4n) is 16.1. The second-order valence-electron chi connectivity index (χ2n) is 33.0. The van der Waals surface area contributed by atoms with Crippen molar-refractivity contribution in [3.05, 3.63) is 174 Å². The molecule has 0 aliphatic carbocycles. The Balaban J connectivity index is 0.0000149. The first kappa shape index (κ1) is 90.2. The van der Waals surface area contributed by atoms with E-state index in [1.807, 2.05) is 28.8 Å². The maximum Gasteiger partial charge on any atom is 0.246 e. The minimum atomic E-state index is -1.86. The minimum absolute atomic E-state index is 0. The fraction of sp³-hybridized carbons (Fsp3) is 0.494. The van der Waals surface area contributed by atoms with Gasteiger partial charge in [0.15, 0.2) is 0 Å². The van der Waals surface area contributed by atoms with Crippen LogP contribution in [-0.4, -0.2) is 234 Å².